The molecule has 0 saturated heterocycles. The summed E-state index contributed by atoms with van der Waals surface area (Å²) in [4.78, 5) is 12.9. The predicted octanol–water partition coefficient (Wildman–Crippen LogP) is 3.76. The van der Waals surface area contributed by atoms with Crippen LogP contribution in [0, 0.1) is 0 Å². The summed E-state index contributed by atoms with van der Waals surface area (Å²) in [6, 6.07) is 15.2. The number of benzene rings is 2. The van der Waals surface area contributed by atoms with Gasteiger partial charge in [-0.2, -0.15) is 0 Å². The fraction of sp³-hybridized carbons (Fsp3) is 0.333. The highest BCUT2D eigenvalue weighted by Gasteiger charge is 2.53. The van der Waals surface area contributed by atoms with Gasteiger partial charge in [-0.25, -0.2) is 0 Å². The van der Waals surface area contributed by atoms with Gasteiger partial charge in [0, 0.05) is 18.2 Å². The van der Waals surface area contributed by atoms with Crippen LogP contribution >= 0.6 is 0 Å². The van der Waals surface area contributed by atoms with Crippen LogP contribution in [0.4, 0.5) is 0 Å². The summed E-state index contributed by atoms with van der Waals surface area (Å²) in [5, 5.41) is 7.27. The van der Waals surface area contributed by atoms with Crippen molar-refractivity contribution in [3.05, 3.63) is 59.8 Å². The number of amides is 1. The Labute approximate surface area is 181 Å². The second kappa shape index (κ2) is 8.71. The smallest absolute Gasteiger partial charge is 0.232 e. The molecular weight excluding hydrogens is 396 g/mol. The summed E-state index contributed by atoms with van der Waals surface area (Å²) < 4.78 is 21.6. The van der Waals surface area contributed by atoms with Gasteiger partial charge < -0.3 is 24.1 Å². The van der Waals surface area contributed by atoms with Crippen LogP contribution in [0.15, 0.2) is 53.1 Å². The molecule has 0 radical (unpaired) electrons. The normalized spacial score (nSPS) is 14.0. The van der Waals surface area contributed by atoms with Crippen molar-refractivity contribution in [1.29, 1.82) is 0 Å². The van der Waals surface area contributed by atoms with E-state index >= 15 is 0 Å². The van der Waals surface area contributed by atoms with Gasteiger partial charge in [0.2, 0.25) is 5.91 Å². The molecule has 31 heavy (non-hydrogen) atoms. The first-order valence-corrected chi connectivity index (χ1v) is 10.2. The number of para-hydroxylation sites is 1. The molecule has 1 aliphatic carbocycles. The van der Waals surface area contributed by atoms with Crippen LogP contribution in [-0.2, 0) is 16.6 Å². The number of carbonyl (C=O) groups is 1. The molecule has 2 aromatic carbocycles. The third-order valence-electron chi connectivity index (χ3n) is 5.73. The van der Waals surface area contributed by atoms with Gasteiger partial charge in [-0.3, -0.25) is 4.79 Å². The molecule has 4 rings (SSSR count). The van der Waals surface area contributed by atoms with Gasteiger partial charge in [0.1, 0.15) is 5.75 Å². The highest BCUT2D eigenvalue weighted by Crippen LogP contribution is 2.48. The van der Waals surface area contributed by atoms with Crippen molar-refractivity contribution in [2.45, 2.75) is 24.7 Å². The molecule has 1 aliphatic rings. The molecule has 7 nitrogen and oxygen atoms in total. The lowest BCUT2D eigenvalue weighted by atomic mass is 10.00. The molecule has 0 bridgehead atoms. The first-order chi connectivity index (χ1) is 15.1. The molecule has 0 unspecified atom stereocenters. The number of carbonyl (C=O) groups excluding carboxylic acids is 1. The van der Waals surface area contributed by atoms with E-state index in [1.807, 2.05) is 48.5 Å². The number of nitrogens with zero attached hydrogens (tertiary/aromatic N) is 1. The SMILES string of the molecule is COc1ccccc1CCNC(=O)C1(c2cc(-c3ccc(OC)c(OC)c3)on2)CC1. The number of hydrogen-bond acceptors (Lipinski definition) is 6. The molecule has 0 atom stereocenters. The lowest BCUT2D eigenvalue weighted by Crippen LogP contribution is -2.36. The van der Waals surface area contributed by atoms with E-state index in [0.717, 1.165) is 29.7 Å². The van der Waals surface area contributed by atoms with Crippen molar-refractivity contribution in [3.8, 4) is 28.6 Å². The first-order valence-electron chi connectivity index (χ1n) is 10.2. The highest BCUT2D eigenvalue weighted by molar-refractivity contribution is 5.91. The number of nitrogens with one attached hydrogen (secondary N) is 1. The third kappa shape index (κ3) is 4.08. The summed E-state index contributed by atoms with van der Waals surface area (Å²) in [6.07, 6.45) is 2.21. The summed E-state index contributed by atoms with van der Waals surface area (Å²) in [6.45, 7) is 0.529. The van der Waals surface area contributed by atoms with Crippen molar-refractivity contribution < 1.29 is 23.5 Å². The molecule has 162 valence electrons. The standard InChI is InChI=1S/C24H26N2O5/c1-28-18-7-5-4-6-16(18)10-13-25-23(27)24(11-12-24)22-15-20(31-26-22)17-8-9-19(29-2)21(14-17)30-3/h4-9,14-15H,10-13H2,1-3H3,(H,25,27). The zero-order valence-electron chi connectivity index (χ0n) is 17.9. The monoisotopic (exact) mass is 422 g/mol. The predicted molar refractivity (Wildman–Crippen MR) is 116 cm³/mol. The molecule has 1 saturated carbocycles. The molecule has 1 fully saturated rings. The van der Waals surface area contributed by atoms with E-state index in [0.29, 0.717) is 35.9 Å². The van der Waals surface area contributed by atoms with E-state index < -0.39 is 5.41 Å². The highest BCUT2D eigenvalue weighted by atomic mass is 16.5. The fourth-order valence-electron chi connectivity index (χ4n) is 3.74. The van der Waals surface area contributed by atoms with E-state index in [9.17, 15) is 4.79 Å². The Hall–Kier alpha value is -3.48. The second-order valence-corrected chi connectivity index (χ2v) is 7.55. The Kier molecular flexibility index (Phi) is 5.84. The maximum atomic E-state index is 12.9. The Morgan fingerprint density at radius 2 is 1.74 bits per heavy atom. The lowest BCUT2D eigenvalue weighted by molar-refractivity contribution is -0.123. The van der Waals surface area contributed by atoms with Crippen LogP contribution in [0.5, 0.6) is 17.2 Å². The molecule has 1 aromatic heterocycles. The van der Waals surface area contributed by atoms with Crippen LogP contribution in [0.3, 0.4) is 0 Å². The Morgan fingerprint density at radius 3 is 2.45 bits per heavy atom. The Bertz CT molecular complexity index is 1070. The third-order valence-corrected chi connectivity index (χ3v) is 5.73. The van der Waals surface area contributed by atoms with Crippen molar-refractivity contribution in [1.82, 2.24) is 10.5 Å². The minimum atomic E-state index is -0.612. The van der Waals surface area contributed by atoms with Gasteiger partial charge in [0.05, 0.1) is 32.4 Å². The first kappa shape index (κ1) is 20.8. The molecular formula is C24H26N2O5. The van der Waals surface area contributed by atoms with E-state index in [4.69, 9.17) is 18.7 Å². The van der Waals surface area contributed by atoms with Crippen molar-refractivity contribution >= 4 is 5.91 Å². The van der Waals surface area contributed by atoms with Crippen molar-refractivity contribution in [2.75, 3.05) is 27.9 Å². The van der Waals surface area contributed by atoms with Crippen LogP contribution in [0.25, 0.3) is 11.3 Å². The van der Waals surface area contributed by atoms with Crippen molar-refractivity contribution in [2.24, 2.45) is 0 Å². The average Bonchev–Trinajstić information content (AvgIpc) is 3.48. The zero-order chi connectivity index (χ0) is 21.8. The van der Waals surface area contributed by atoms with Gasteiger partial charge in [-0.05, 0) is 49.1 Å². The minimum absolute atomic E-state index is 0.0189. The maximum absolute atomic E-state index is 12.9. The maximum Gasteiger partial charge on any atom is 0.232 e. The Balaban J connectivity index is 1.44. The van der Waals surface area contributed by atoms with Gasteiger partial charge in [-0.15, -0.1) is 0 Å². The van der Waals surface area contributed by atoms with Gasteiger partial charge in [-0.1, -0.05) is 23.4 Å². The molecule has 0 aliphatic heterocycles. The van der Waals surface area contributed by atoms with Gasteiger partial charge in [0.25, 0.3) is 0 Å². The number of hydrogen-bond donors (Lipinski definition) is 1. The van der Waals surface area contributed by atoms with Crippen LogP contribution in [0.1, 0.15) is 24.1 Å². The van der Waals surface area contributed by atoms with E-state index in [1.165, 1.54) is 0 Å². The number of aromatic nitrogens is 1. The number of methoxy groups -OCH3 is 3. The number of ether oxygens (including phenoxy) is 3. The molecule has 0 spiro atoms. The van der Waals surface area contributed by atoms with E-state index in [-0.39, 0.29) is 5.91 Å². The average molecular weight is 422 g/mol. The number of rotatable bonds is 9. The zero-order valence-corrected chi connectivity index (χ0v) is 17.9. The lowest BCUT2D eigenvalue weighted by Gasteiger charge is -2.13. The summed E-state index contributed by atoms with van der Waals surface area (Å²) in [7, 11) is 4.83. The molecule has 3 aromatic rings. The van der Waals surface area contributed by atoms with Crippen LogP contribution in [0.2, 0.25) is 0 Å². The molecule has 1 N–H and O–H groups in total. The van der Waals surface area contributed by atoms with Crippen LogP contribution < -0.4 is 19.5 Å². The fourth-order valence-corrected chi connectivity index (χ4v) is 3.74. The van der Waals surface area contributed by atoms with E-state index in [1.54, 1.807) is 21.3 Å². The minimum Gasteiger partial charge on any atom is -0.496 e. The van der Waals surface area contributed by atoms with Crippen molar-refractivity contribution in [3.63, 3.8) is 0 Å². The summed E-state index contributed by atoms with van der Waals surface area (Å²) in [5.41, 5.74) is 1.92. The Morgan fingerprint density at radius 1 is 1.00 bits per heavy atom. The van der Waals surface area contributed by atoms with E-state index in [2.05, 4.69) is 10.5 Å². The quantitative estimate of drug-likeness (QED) is 0.565. The molecule has 1 heterocycles. The molecule has 1 amide bonds. The summed E-state index contributed by atoms with van der Waals surface area (Å²) >= 11 is 0. The summed E-state index contributed by atoms with van der Waals surface area (Å²) in [5.74, 6) is 2.64. The van der Waals surface area contributed by atoms with Crippen LogP contribution in [-0.4, -0.2) is 38.9 Å². The second-order valence-electron chi connectivity index (χ2n) is 7.55. The topological polar surface area (TPSA) is 82.8 Å². The largest absolute Gasteiger partial charge is 0.496 e. The molecule has 7 heteroatoms. The van der Waals surface area contributed by atoms with Gasteiger partial charge in [0.15, 0.2) is 17.3 Å². The van der Waals surface area contributed by atoms with Gasteiger partial charge >= 0.3 is 0 Å².